The Balaban J connectivity index is 0.00000144. The van der Waals surface area contributed by atoms with E-state index in [1.54, 1.807) is 12.3 Å². The molecule has 6 heteroatoms. The first-order chi connectivity index (χ1) is 7.81. The molecule has 1 unspecified atom stereocenters. The van der Waals surface area contributed by atoms with Crippen LogP contribution in [0.1, 0.15) is 23.3 Å². The molecule has 2 rings (SSSR count). The van der Waals surface area contributed by atoms with E-state index in [9.17, 15) is 4.79 Å². The Morgan fingerprint density at radius 2 is 2.22 bits per heavy atom. The van der Waals surface area contributed by atoms with Gasteiger partial charge in [0.15, 0.2) is 0 Å². The highest BCUT2D eigenvalue weighted by Crippen LogP contribution is 2.12. The summed E-state index contributed by atoms with van der Waals surface area (Å²) in [6.45, 7) is 1.62. The average Bonchev–Trinajstić information content (AvgIpc) is 2.39. The molecule has 1 aliphatic rings. The molecule has 1 aliphatic heterocycles. The Kier molecular flexibility index (Phi) is 7.91. The number of carbonyl (C=O) groups excluding carboxylic acids is 1. The average molecular weight is 292 g/mol. The summed E-state index contributed by atoms with van der Waals surface area (Å²) >= 11 is 0. The molecule has 0 aromatic carbocycles. The number of piperidine rings is 1. The SMILES string of the molecule is CNC1CCCN(C(=O)c2ccccn2)C1.Cl.Cl. The van der Waals surface area contributed by atoms with Crippen LogP contribution >= 0.6 is 24.8 Å². The van der Waals surface area contributed by atoms with E-state index in [4.69, 9.17) is 0 Å². The van der Waals surface area contributed by atoms with Crippen LogP contribution in [-0.4, -0.2) is 42.0 Å². The standard InChI is InChI=1S/C12H17N3O.2ClH/c1-13-10-5-4-8-15(9-10)12(16)11-6-2-3-7-14-11;;/h2-3,6-7,10,13H,4-5,8-9H2,1H3;2*1H. The second-order valence-corrected chi connectivity index (χ2v) is 4.09. The fraction of sp³-hybridized carbons (Fsp3) is 0.500. The summed E-state index contributed by atoms with van der Waals surface area (Å²) in [4.78, 5) is 18.1. The van der Waals surface area contributed by atoms with Gasteiger partial charge in [-0.2, -0.15) is 0 Å². The fourth-order valence-corrected chi connectivity index (χ4v) is 2.05. The summed E-state index contributed by atoms with van der Waals surface area (Å²) in [5.74, 6) is 0.0422. The molecule has 2 heterocycles. The number of hydrogen-bond donors (Lipinski definition) is 1. The number of halogens is 2. The number of aromatic nitrogens is 1. The number of nitrogens with zero attached hydrogens (tertiary/aromatic N) is 2. The lowest BCUT2D eigenvalue weighted by atomic mass is 10.1. The monoisotopic (exact) mass is 291 g/mol. The number of carbonyl (C=O) groups is 1. The first kappa shape index (κ1) is 17.2. The third kappa shape index (κ3) is 4.12. The maximum Gasteiger partial charge on any atom is 0.272 e. The summed E-state index contributed by atoms with van der Waals surface area (Å²) in [7, 11) is 1.94. The van der Waals surface area contributed by atoms with E-state index < -0.39 is 0 Å². The number of hydrogen-bond acceptors (Lipinski definition) is 3. The highest BCUT2D eigenvalue weighted by Gasteiger charge is 2.23. The lowest BCUT2D eigenvalue weighted by molar-refractivity contribution is 0.0692. The van der Waals surface area contributed by atoms with E-state index in [0.717, 1.165) is 25.9 Å². The Bertz CT molecular complexity index is 362. The first-order valence-corrected chi connectivity index (χ1v) is 5.69. The molecule has 0 saturated carbocycles. The number of pyridine rings is 1. The van der Waals surface area contributed by atoms with Crippen LogP contribution in [0.2, 0.25) is 0 Å². The van der Waals surface area contributed by atoms with Gasteiger partial charge in [-0.25, -0.2) is 0 Å². The zero-order valence-corrected chi connectivity index (χ0v) is 12.0. The van der Waals surface area contributed by atoms with Crippen molar-refractivity contribution >= 4 is 30.7 Å². The van der Waals surface area contributed by atoms with Gasteiger partial charge in [0.2, 0.25) is 0 Å². The molecule has 0 aliphatic carbocycles. The maximum absolute atomic E-state index is 12.1. The topological polar surface area (TPSA) is 45.2 Å². The van der Waals surface area contributed by atoms with Gasteiger partial charge in [0, 0.05) is 25.3 Å². The molecule has 0 bridgehead atoms. The van der Waals surface area contributed by atoms with Crippen molar-refractivity contribution in [2.75, 3.05) is 20.1 Å². The van der Waals surface area contributed by atoms with Crippen molar-refractivity contribution in [3.8, 4) is 0 Å². The molecule has 1 fully saturated rings. The van der Waals surface area contributed by atoms with E-state index in [2.05, 4.69) is 10.3 Å². The Hall–Kier alpha value is -0.840. The zero-order chi connectivity index (χ0) is 11.4. The van der Waals surface area contributed by atoms with Crippen LogP contribution in [0.25, 0.3) is 0 Å². The Morgan fingerprint density at radius 3 is 2.83 bits per heavy atom. The molecular weight excluding hydrogens is 273 g/mol. The summed E-state index contributed by atoms with van der Waals surface area (Å²) in [5, 5.41) is 3.23. The van der Waals surface area contributed by atoms with Gasteiger partial charge in [0.25, 0.3) is 5.91 Å². The Labute approximate surface area is 120 Å². The zero-order valence-electron chi connectivity index (χ0n) is 10.3. The minimum absolute atomic E-state index is 0. The molecule has 4 nitrogen and oxygen atoms in total. The van der Waals surface area contributed by atoms with Crippen molar-refractivity contribution in [1.29, 1.82) is 0 Å². The van der Waals surface area contributed by atoms with Crippen LogP contribution in [0.4, 0.5) is 0 Å². The quantitative estimate of drug-likeness (QED) is 0.903. The number of likely N-dealkylation sites (tertiary alicyclic amines) is 1. The van der Waals surface area contributed by atoms with Gasteiger partial charge in [-0.15, -0.1) is 24.8 Å². The second-order valence-electron chi connectivity index (χ2n) is 4.09. The van der Waals surface area contributed by atoms with E-state index >= 15 is 0 Å². The molecule has 0 radical (unpaired) electrons. The summed E-state index contributed by atoms with van der Waals surface area (Å²) in [6, 6.07) is 5.86. The van der Waals surface area contributed by atoms with Crippen LogP contribution in [0.3, 0.4) is 0 Å². The molecule has 18 heavy (non-hydrogen) atoms. The smallest absolute Gasteiger partial charge is 0.272 e. The van der Waals surface area contributed by atoms with Gasteiger partial charge in [-0.05, 0) is 32.0 Å². The van der Waals surface area contributed by atoms with Crippen LogP contribution in [0.5, 0.6) is 0 Å². The van der Waals surface area contributed by atoms with Gasteiger partial charge in [-0.1, -0.05) is 6.07 Å². The number of amides is 1. The highest BCUT2D eigenvalue weighted by molar-refractivity contribution is 5.92. The van der Waals surface area contributed by atoms with E-state index in [1.807, 2.05) is 24.1 Å². The number of likely N-dealkylation sites (N-methyl/N-ethyl adjacent to an activating group) is 1. The van der Waals surface area contributed by atoms with Crippen molar-refractivity contribution < 1.29 is 4.79 Å². The minimum atomic E-state index is 0. The van der Waals surface area contributed by atoms with Crippen molar-refractivity contribution in [3.05, 3.63) is 30.1 Å². The third-order valence-electron chi connectivity index (χ3n) is 3.00. The van der Waals surface area contributed by atoms with Crippen LogP contribution in [-0.2, 0) is 0 Å². The molecule has 1 amide bonds. The van der Waals surface area contributed by atoms with Gasteiger partial charge >= 0.3 is 0 Å². The highest BCUT2D eigenvalue weighted by atomic mass is 35.5. The normalized spacial score (nSPS) is 18.5. The lowest BCUT2D eigenvalue weighted by Crippen LogP contribution is -2.47. The maximum atomic E-state index is 12.1. The van der Waals surface area contributed by atoms with E-state index in [0.29, 0.717) is 11.7 Å². The predicted octanol–water partition coefficient (Wildman–Crippen LogP) is 1.75. The molecule has 1 aromatic heterocycles. The molecule has 1 aromatic rings. The van der Waals surface area contributed by atoms with Gasteiger partial charge < -0.3 is 10.2 Å². The van der Waals surface area contributed by atoms with Gasteiger partial charge in [0.1, 0.15) is 5.69 Å². The van der Waals surface area contributed by atoms with E-state index in [1.165, 1.54) is 0 Å². The van der Waals surface area contributed by atoms with Crippen molar-refractivity contribution in [2.45, 2.75) is 18.9 Å². The second kappa shape index (κ2) is 8.29. The summed E-state index contributed by atoms with van der Waals surface area (Å²) in [5.41, 5.74) is 0.541. The van der Waals surface area contributed by atoms with Gasteiger partial charge in [0.05, 0.1) is 0 Å². The summed E-state index contributed by atoms with van der Waals surface area (Å²) in [6.07, 6.45) is 3.86. The third-order valence-corrected chi connectivity index (χ3v) is 3.00. The minimum Gasteiger partial charge on any atom is -0.336 e. The molecule has 0 spiro atoms. The Morgan fingerprint density at radius 1 is 1.44 bits per heavy atom. The van der Waals surface area contributed by atoms with Gasteiger partial charge in [-0.3, -0.25) is 9.78 Å². The number of rotatable bonds is 2. The molecule has 1 N–H and O–H groups in total. The molecule has 1 saturated heterocycles. The first-order valence-electron chi connectivity index (χ1n) is 5.69. The van der Waals surface area contributed by atoms with Crippen molar-refractivity contribution in [3.63, 3.8) is 0 Å². The van der Waals surface area contributed by atoms with Crippen LogP contribution in [0, 0.1) is 0 Å². The van der Waals surface area contributed by atoms with Crippen LogP contribution in [0.15, 0.2) is 24.4 Å². The molecule has 102 valence electrons. The van der Waals surface area contributed by atoms with E-state index in [-0.39, 0.29) is 30.7 Å². The molecule has 1 atom stereocenters. The summed E-state index contributed by atoms with van der Waals surface area (Å²) < 4.78 is 0. The predicted molar refractivity (Wildman–Crippen MR) is 76.7 cm³/mol. The van der Waals surface area contributed by atoms with Crippen molar-refractivity contribution in [1.82, 2.24) is 15.2 Å². The largest absolute Gasteiger partial charge is 0.336 e. The lowest BCUT2D eigenvalue weighted by Gasteiger charge is -2.32. The molecular formula is C12H19Cl2N3O. The number of nitrogens with one attached hydrogen (secondary N) is 1. The van der Waals surface area contributed by atoms with Crippen LogP contribution < -0.4 is 5.32 Å². The van der Waals surface area contributed by atoms with Crippen molar-refractivity contribution in [2.24, 2.45) is 0 Å². The fourth-order valence-electron chi connectivity index (χ4n) is 2.05.